The van der Waals surface area contributed by atoms with Crippen molar-refractivity contribution < 1.29 is 82.5 Å². The monoisotopic (exact) mass is 1430 g/mol. The van der Waals surface area contributed by atoms with Gasteiger partial charge in [0.25, 0.3) is 0 Å². The van der Waals surface area contributed by atoms with Crippen LogP contribution in [0, 0.1) is 23.3 Å². The molecule has 0 spiro atoms. The molecule has 0 unspecified atom stereocenters. The molecule has 0 nitrogen and oxygen atoms in total. The van der Waals surface area contributed by atoms with Gasteiger partial charge in [-0.25, -0.2) is 0 Å². The molecule has 12 rings (SSSR count). The second-order valence-electron chi connectivity index (χ2n) is 19.0. The summed E-state index contributed by atoms with van der Waals surface area (Å²) >= 11 is -5.94. The Morgan fingerprint density at radius 2 is 0.487 bits per heavy atom. The van der Waals surface area contributed by atoms with E-state index in [1.807, 2.05) is 24.3 Å². The fraction of sp³-hybridized carbons (Fsp3) is 0.0588. The average molecular weight is 1430 g/mol. The molecule has 384 valence electrons. The molecule has 0 amide bonds. The summed E-state index contributed by atoms with van der Waals surface area (Å²) in [5.74, 6) is -0.831. The van der Waals surface area contributed by atoms with Gasteiger partial charge < -0.3 is 24.8 Å². The van der Waals surface area contributed by atoms with Gasteiger partial charge in [0, 0.05) is 0 Å². The molecule has 4 aliphatic rings. The standard InChI is InChI=1S/2C12H10Si.4C11H8F.2ClH.2Hf/c2*1-3-7-11(8-4-1)13-12-9-5-2-6-10-12;4*12-11-7-3-6-10(8-11)9-4-1-2-5-9;;;;/h2*1-10H;4*1,3-4,6-8H,2H2;2*1H;;/p-2. The average Bonchev–Trinajstić information content (AvgIpc) is 4.38. The molecule has 0 heterocycles. The van der Waals surface area contributed by atoms with Gasteiger partial charge in [0.1, 0.15) is 0 Å². The van der Waals surface area contributed by atoms with Crippen LogP contribution in [-0.2, 0) is 40.1 Å². The van der Waals surface area contributed by atoms with Gasteiger partial charge in [-0.15, -0.1) is 0 Å². The van der Waals surface area contributed by atoms with Crippen molar-refractivity contribution in [1.82, 2.24) is 0 Å². The molecule has 10 heteroatoms. The Labute approximate surface area is 483 Å². The van der Waals surface area contributed by atoms with Gasteiger partial charge in [-0.05, 0) is 0 Å². The fourth-order valence-electron chi connectivity index (χ4n) is 11.0. The smallest absolute Gasteiger partial charge is 1.00 e. The SMILES string of the molecule is Fc1cccc(C2=[C]([Hf]([C]3=C(c4cccc(F)c4)C=CC3)=[Si](c3ccccc3)c3ccccc3)CC=C2)c1.Fc1cccc(C2=[C]([Hf]([C]3=C(c4cccc(F)c4)C=CC3)=[Si](c3ccccc3)c3ccccc3)CC=C2)c1.[Cl-].[Cl-]. The van der Waals surface area contributed by atoms with Crippen molar-refractivity contribution in [3.05, 3.63) is 326 Å². The molecule has 0 aromatic heterocycles. The number of hydrogen-bond donors (Lipinski definition) is 0. The third-order valence-corrected chi connectivity index (χ3v) is 67.5. The van der Waals surface area contributed by atoms with E-state index in [2.05, 4.69) is 170 Å². The Morgan fingerprint density at radius 3 is 0.692 bits per heavy atom. The Hall–Kier alpha value is -5.85. The molecule has 0 fully saturated rings. The predicted octanol–water partition coefficient (Wildman–Crippen LogP) is 8.87. The van der Waals surface area contributed by atoms with Crippen LogP contribution in [-0.4, -0.2) is 11.0 Å². The molecule has 8 aromatic rings. The van der Waals surface area contributed by atoms with Crippen molar-refractivity contribution in [1.29, 1.82) is 0 Å². The molecule has 0 saturated heterocycles. The van der Waals surface area contributed by atoms with E-state index in [0.29, 0.717) is 0 Å². The van der Waals surface area contributed by atoms with Gasteiger partial charge in [-0.1, -0.05) is 0 Å². The molecule has 0 atom stereocenters. The number of rotatable bonds is 12. The molecule has 0 radical (unpaired) electrons. The first-order valence-corrected chi connectivity index (χ1v) is 46.7. The van der Waals surface area contributed by atoms with Crippen molar-refractivity contribution in [3.63, 3.8) is 0 Å². The van der Waals surface area contributed by atoms with Crippen LogP contribution in [0.25, 0.3) is 22.3 Å². The van der Waals surface area contributed by atoms with E-state index in [-0.39, 0.29) is 48.1 Å². The molecule has 0 aliphatic heterocycles. The predicted molar refractivity (Wildman–Crippen MR) is 304 cm³/mol. The molecule has 0 saturated carbocycles. The largest absolute Gasteiger partial charge is 1.00 e. The van der Waals surface area contributed by atoms with Crippen LogP contribution in [0.3, 0.4) is 0 Å². The molecule has 8 aromatic carbocycles. The normalized spacial score (nSPS) is 14.1. The van der Waals surface area contributed by atoms with Gasteiger partial charge in [-0.3, -0.25) is 0 Å². The van der Waals surface area contributed by atoms with Gasteiger partial charge in [0.2, 0.25) is 0 Å². The van der Waals surface area contributed by atoms with E-state index in [1.165, 1.54) is 80.6 Å². The summed E-state index contributed by atoms with van der Waals surface area (Å²) in [6, 6.07) is 71.9. The van der Waals surface area contributed by atoms with E-state index in [4.69, 9.17) is 0 Å². The molecule has 0 bridgehead atoms. The summed E-state index contributed by atoms with van der Waals surface area (Å²) in [5.41, 5.74) is 6.25. The summed E-state index contributed by atoms with van der Waals surface area (Å²) in [7, 11) is 0. The minimum Gasteiger partial charge on any atom is -1.00 e. The fourth-order valence-corrected chi connectivity index (χ4v) is 70.9. The summed E-state index contributed by atoms with van der Waals surface area (Å²) < 4.78 is 63.6. The van der Waals surface area contributed by atoms with Crippen LogP contribution in [0.5, 0.6) is 0 Å². The zero-order valence-electron chi connectivity index (χ0n) is 42.5. The molecule has 0 N–H and O–H groups in total. The third kappa shape index (κ3) is 12.8. The summed E-state index contributed by atoms with van der Waals surface area (Å²) in [5, 5.41) is 5.67. The summed E-state index contributed by atoms with van der Waals surface area (Å²) in [6.45, 7) is 0. The first kappa shape index (κ1) is 56.9. The number of benzene rings is 8. The van der Waals surface area contributed by atoms with Crippen LogP contribution in [0.15, 0.2) is 280 Å². The van der Waals surface area contributed by atoms with Gasteiger partial charge >= 0.3 is 463 Å². The summed E-state index contributed by atoms with van der Waals surface area (Å²) in [4.78, 5) is 0. The first-order valence-electron chi connectivity index (χ1n) is 25.7. The molecular weight excluding hydrogens is 1380 g/mol. The Bertz CT molecular complexity index is 3340. The Morgan fingerprint density at radius 1 is 0.269 bits per heavy atom. The minimum atomic E-state index is -2.97. The Balaban J connectivity index is 0.000000185. The van der Waals surface area contributed by atoms with Crippen molar-refractivity contribution >= 4 is 54.0 Å². The number of hydrogen-bond acceptors (Lipinski definition) is 0. The maximum atomic E-state index is 14.4. The van der Waals surface area contributed by atoms with Crippen LogP contribution in [0.2, 0.25) is 0 Å². The van der Waals surface area contributed by atoms with Crippen molar-refractivity contribution in [3.8, 4) is 0 Å². The maximum Gasteiger partial charge on any atom is -1.00 e. The van der Waals surface area contributed by atoms with E-state index >= 15 is 0 Å². The van der Waals surface area contributed by atoms with Crippen molar-refractivity contribution in [2.75, 3.05) is 0 Å². The van der Waals surface area contributed by atoms with Crippen LogP contribution >= 0.6 is 0 Å². The second kappa shape index (κ2) is 26.9. The minimum absolute atomic E-state index is 0. The van der Waals surface area contributed by atoms with Crippen LogP contribution in [0.1, 0.15) is 47.9 Å². The molecule has 78 heavy (non-hydrogen) atoms. The second-order valence-corrected chi connectivity index (χ2v) is 55.8. The topological polar surface area (TPSA) is 0 Å². The number of halogens is 6. The van der Waals surface area contributed by atoms with E-state index < -0.39 is 51.1 Å². The van der Waals surface area contributed by atoms with Gasteiger partial charge in [0.15, 0.2) is 0 Å². The summed E-state index contributed by atoms with van der Waals surface area (Å²) in [6.07, 6.45) is 21.4. The molecule has 4 aliphatic carbocycles. The van der Waals surface area contributed by atoms with Crippen LogP contribution in [0.4, 0.5) is 17.6 Å². The number of allylic oxidation sites excluding steroid dienone is 16. The molecular formula is C68H52Cl2F4Hf2Si2-2. The third-order valence-electron chi connectivity index (χ3n) is 14.2. The van der Waals surface area contributed by atoms with Gasteiger partial charge in [-0.2, -0.15) is 0 Å². The van der Waals surface area contributed by atoms with Crippen molar-refractivity contribution in [2.24, 2.45) is 0 Å². The zero-order chi connectivity index (χ0) is 51.8. The first-order chi connectivity index (χ1) is 37.4. The van der Waals surface area contributed by atoms with E-state index in [0.717, 1.165) is 47.9 Å². The quantitative estimate of drug-likeness (QED) is 0.0849. The van der Waals surface area contributed by atoms with E-state index in [9.17, 15) is 17.6 Å². The van der Waals surface area contributed by atoms with Crippen molar-refractivity contribution in [2.45, 2.75) is 25.7 Å². The van der Waals surface area contributed by atoms with Crippen LogP contribution < -0.4 is 45.6 Å². The Kier molecular flexibility index (Phi) is 19.6. The van der Waals surface area contributed by atoms with E-state index in [1.54, 1.807) is 48.5 Å². The van der Waals surface area contributed by atoms with Gasteiger partial charge in [0.05, 0.1) is 0 Å². The zero-order valence-corrected chi connectivity index (χ0v) is 53.2. The maximum absolute atomic E-state index is 14.4.